The van der Waals surface area contributed by atoms with Gasteiger partial charge in [0.05, 0.1) is 4.90 Å². The second-order valence-corrected chi connectivity index (χ2v) is 8.51. The van der Waals surface area contributed by atoms with E-state index < -0.39 is 15.8 Å². The van der Waals surface area contributed by atoms with Gasteiger partial charge >= 0.3 is 0 Å². The number of rotatable bonds is 4. The molecule has 138 valence electrons. The van der Waals surface area contributed by atoms with Crippen molar-refractivity contribution in [2.75, 3.05) is 18.4 Å². The molecule has 0 bridgehead atoms. The van der Waals surface area contributed by atoms with Gasteiger partial charge in [-0.25, -0.2) is 12.8 Å². The number of anilines is 1. The number of carbonyl (C=O) groups excluding carboxylic acids is 1. The Morgan fingerprint density at radius 2 is 1.62 bits per heavy atom. The lowest BCUT2D eigenvalue weighted by Gasteiger charge is -2.29. The van der Waals surface area contributed by atoms with Crippen LogP contribution in [0.1, 0.15) is 30.1 Å². The van der Waals surface area contributed by atoms with Crippen molar-refractivity contribution in [3.63, 3.8) is 0 Å². The van der Waals surface area contributed by atoms with Gasteiger partial charge in [-0.2, -0.15) is 4.31 Å². The molecule has 0 unspecified atom stereocenters. The first-order valence-corrected chi connectivity index (χ1v) is 9.97. The van der Waals surface area contributed by atoms with Crippen molar-refractivity contribution in [3.8, 4) is 0 Å². The number of sulfonamides is 1. The number of carbonyl (C=O) groups is 1. The molecule has 3 rings (SSSR count). The molecule has 0 spiro atoms. The van der Waals surface area contributed by atoms with E-state index in [0.717, 1.165) is 12.8 Å². The Labute approximate surface area is 152 Å². The number of halogens is 1. The zero-order chi connectivity index (χ0) is 18.7. The topological polar surface area (TPSA) is 66.5 Å². The quantitative estimate of drug-likeness (QED) is 0.888. The highest BCUT2D eigenvalue weighted by atomic mass is 32.2. The molecule has 1 aliphatic heterocycles. The van der Waals surface area contributed by atoms with E-state index >= 15 is 0 Å². The minimum absolute atomic E-state index is 0.215. The molecule has 1 amide bonds. The molecule has 2 aromatic carbocycles. The van der Waals surface area contributed by atoms with Crippen LogP contribution < -0.4 is 5.32 Å². The van der Waals surface area contributed by atoms with E-state index in [1.807, 2.05) is 0 Å². The first-order chi connectivity index (χ1) is 12.4. The van der Waals surface area contributed by atoms with Crippen molar-refractivity contribution in [2.45, 2.75) is 24.7 Å². The molecule has 0 radical (unpaired) electrons. The number of benzene rings is 2. The van der Waals surface area contributed by atoms with E-state index in [0.29, 0.717) is 30.3 Å². The van der Waals surface area contributed by atoms with Gasteiger partial charge < -0.3 is 5.32 Å². The summed E-state index contributed by atoms with van der Waals surface area (Å²) in [6.07, 6.45) is 1.73. The van der Waals surface area contributed by atoms with Gasteiger partial charge in [0.15, 0.2) is 0 Å². The van der Waals surface area contributed by atoms with E-state index in [4.69, 9.17) is 0 Å². The maximum absolute atomic E-state index is 12.9. The fourth-order valence-electron chi connectivity index (χ4n) is 2.89. The van der Waals surface area contributed by atoms with Gasteiger partial charge in [-0.1, -0.05) is 6.92 Å². The van der Waals surface area contributed by atoms with Gasteiger partial charge in [0.1, 0.15) is 5.82 Å². The predicted octanol–water partition coefficient (Wildman–Crippen LogP) is 3.50. The van der Waals surface area contributed by atoms with Crippen molar-refractivity contribution in [2.24, 2.45) is 5.92 Å². The zero-order valence-corrected chi connectivity index (χ0v) is 15.3. The first kappa shape index (κ1) is 18.5. The largest absolute Gasteiger partial charge is 0.322 e. The van der Waals surface area contributed by atoms with Crippen LogP contribution in [0.4, 0.5) is 10.1 Å². The molecule has 7 heteroatoms. The molecule has 0 atom stereocenters. The van der Waals surface area contributed by atoms with Crippen LogP contribution in [0, 0.1) is 11.7 Å². The summed E-state index contributed by atoms with van der Waals surface area (Å²) in [6, 6.07) is 11.3. The second-order valence-electron chi connectivity index (χ2n) is 6.57. The molecule has 0 aromatic heterocycles. The molecule has 1 N–H and O–H groups in total. The van der Waals surface area contributed by atoms with Crippen molar-refractivity contribution >= 4 is 21.6 Å². The lowest BCUT2D eigenvalue weighted by Crippen LogP contribution is -2.37. The normalized spacial score (nSPS) is 16.4. The Balaban J connectivity index is 1.70. The van der Waals surface area contributed by atoms with Crippen LogP contribution in [-0.2, 0) is 10.0 Å². The van der Waals surface area contributed by atoms with Gasteiger partial charge in [0, 0.05) is 24.3 Å². The number of amides is 1. The maximum Gasteiger partial charge on any atom is 0.255 e. The SMILES string of the molecule is CC1CCN(S(=O)(=O)c2ccc(NC(=O)c3ccc(F)cc3)cc2)CC1. The molecule has 0 aliphatic carbocycles. The van der Waals surface area contributed by atoms with Crippen molar-refractivity contribution in [1.29, 1.82) is 0 Å². The molecule has 2 aromatic rings. The zero-order valence-electron chi connectivity index (χ0n) is 14.5. The van der Waals surface area contributed by atoms with Crippen LogP contribution >= 0.6 is 0 Å². The Morgan fingerprint density at radius 3 is 2.19 bits per heavy atom. The van der Waals surface area contributed by atoms with Crippen molar-refractivity contribution < 1.29 is 17.6 Å². The molecule has 1 saturated heterocycles. The number of hydrogen-bond acceptors (Lipinski definition) is 3. The Hall–Kier alpha value is -2.25. The summed E-state index contributed by atoms with van der Waals surface area (Å²) in [6.45, 7) is 3.20. The summed E-state index contributed by atoms with van der Waals surface area (Å²) >= 11 is 0. The third kappa shape index (κ3) is 4.11. The molecule has 26 heavy (non-hydrogen) atoms. The molecule has 1 aliphatic rings. The van der Waals surface area contributed by atoms with E-state index in [-0.39, 0.29) is 10.8 Å². The van der Waals surface area contributed by atoms with Crippen LogP contribution in [0.15, 0.2) is 53.4 Å². The molecule has 1 heterocycles. The Morgan fingerprint density at radius 1 is 1.04 bits per heavy atom. The second kappa shape index (κ2) is 7.55. The molecule has 5 nitrogen and oxygen atoms in total. The lowest BCUT2D eigenvalue weighted by molar-refractivity contribution is 0.102. The van der Waals surface area contributed by atoms with Crippen LogP contribution in [0.2, 0.25) is 0 Å². The summed E-state index contributed by atoms with van der Waals surface area (Å²) in [5.41, 5.74) is 0.802. The summed E-state index contributed by atoms with van der Waals surface area (Å²) in [5, 5.41) is 2.67. The average Bonchev–Trinajstić information content (AvgIpc) is 2.63. The highest BCUT2D eigenvalue weighted by molar-refractivity contribution is 7.89. The average molecular weight is 376 g/mol. The third-order valence-corrected chi connectivity index (χ3v) is 6.51. The number of nitrogens with one attached hydrogen (secondary N) is 1. The molecular weight excluding hydrogens is 355 g/mol. The summed E-state index contributed by atoms with van der Waals surface area (Å²) in [7, 11) is -3.51. The summed E-state index contributed by atoms with van der Waals surface area (Å²) < 4.78 is 39.8. The van der Waals surface area contributed by atoms with E-state index in [2.05, 4.69) is 12.2 Å². The first-order valence-electron chi connectivity index (χ1n) is 8.53. The molecular formula is C19H21FN2O3S. The highest BCUT2D eigenvalue weighted by Crippen LogP contribution is 2.24. The minimum atomic E-state index is -3.51. The minimum Gasteiger partial charge on any atom is -0.322 e. The van der Waals surface area contributed by atoms with Gasteiger partial charge in [-0.15, -0.1) is 0 Å². The number of nitrogens with zero attached hydrogens (tertiary/aromatic N) is 1. The van der Waals surface area contributed by atoms with Gasteiger partial charge in [0.2, 0.25) is 10.0 Å². The Kier molecular flexibility index (Phi) is 5.38. The van der Waals surface area contributed by atoms with E-state index in [1.165, 1.54) is 40.7 Å². The Bertz CT molecular complexity index is 872. The van der Waals surface area contributed by atoms with E-state index in [1.54, 1.807) is 12.1 Å². The van der Waals surface area contributed by atoms with Crippen LogP contribution in [0.25, 0.3) is 0 Å². The van der Waals surface area contributed by atoms with Crippen molar-refractivity contribution in [3.05, 3.63) is 59.9 Å². The number of hydrogen-bond donors (Lipinski definition) is 1. The van der Waals surface area contributed by atoms with Gasteiger partial charge in [-0.3, -0.25) is 4.79 Å². The summed E-state index contributed by atoms with van der Waals surface area (Å²) in [5.74, 6) is -0.251. The lowest BCUT2D eigenvalue weighted by atomic mass is 10.0. The smallest absolute Gasteiger partial charge is 0.255 e. The monoisotopic (exact) mass is 376 g/mol. The van der Waals surface area contributed by atoms with Crippen LogP contribution in [0.5, 0.6) is 0 Å². The fraction of sp³-hybridized carbons (Fsp3) is 0.316. The van der Waals surface area contributed by atoms with Gasteiger partial charge in [-0.05, 0) is 67.3 Å². The highest BCUT2D eigenvalue weighted by Gasteiger charge is 2.27. The molecule has 1 fully saturated rings. The standard InChI is InChI=1S/C19H21FN2O3S/c1-14-10-12-22(13-11-14)26(24,25)18-8-6-17(7-9-18)21-19(23)15-2-4-16(20)5-3-15/h2-9,14H,10-13H2,1H3,(H,21,23). The van der Waals surface area contributed by atoms with Crippen LogP contribution in [0.3, 0.4) is 0 Å². The fourth-order valence-corrected chi connectivity index (χ4v) is 4.36. The van der Waals surface area contributed by atoms with E-state index in [9.17, 15) is 17.6 Å². The summed E-state index contributed by atoms with van der Waals surface area (Å²) in [4.78, 5) is 12.3. The van der Waals surface area contributed by atoms with Crippen molar-refractivity contribution in [1.82, 2.24) is 4.31 Å². The van der Waals surface area contributed by atoms with Gasteiger partial charge in [0.25, 0.3) is 5.91 Å². The molecule has 0 saturated carbocycles. The third-order valence-electron chi connectivity index (χ3n) is 4.60. The predicted molar refractivity (Wildman–Crippen MR) is 98.0 cm³/mol. The maximum atomic E-state index is 12.9. The van der Waals surface area contributed by atoms with Crippen LogP contribution in [-0.4, -0.2) is 31.7 Å². The number of piperidine rings is 1.